The number of hydrogen-bond donors (Lipinski definition) is 1. The molecule has 1 amide bonds. The van der Waals surface area contributed by atoms with E-state index in [2.05, 4.69) is 16.3 Å². The normalized spacial score (nSPS) is 13.7. The number of ether oxygens (including phenoxy) is 1. The maximum absolute atomic E-state index is 12.3. The third-order valence-electron chi connectivity index (χ3n) is 4.87. The van der Waals surface area contributed by atoms with Crippen LogP contribution in [0.5, 0.6) is 5.75 Å². The number of aryl methyl sites for hydroxylation is 1. The molecule has 1 N–H and O–H groups in total. The predicted octanol–water partition coefficient (Wildman–Crippen LogP) is 3.30. The van der Waals surface area contributed by atoms with Crippen LogP contribution in [0.15, 0.2) is 36.4 Å². The molecule has 1 aliphatic heterocycles. The Hall–Kier alpha value is -2.93. The number of amides is 1. The minimum Gasteiger partial charge on any atom is -0.497 e. The van der Waals surface area contributed by atoms with Gasteiger partial charge in [0, 0.05) is 38.2 Å². The first kappa shape index (κ1) is 18.8. The number of benzene rings is 2. The zero-order valence-electron chi connectivity index (χ0n) is 15.5. The Morgan fingerprint density at radius 3 is 2.81 bits per heavy atom. The molecule has 7 heteroatoms. The molecule has 0 atom stereocenters. The number of rotatable bonds is 6. The molecule has 1 heterocycles. The van der Waals surface area contributed by atoms with Crippen molar-refractivity contribution in [3.63, 3.8) is 0 Å². The van der Waals surface area contributed by atoms with Crippen molar-refractivity contribution < 1.29 is 14.5 Å². The molecule has 0 saturated carbocycles. The molecule has 0 unspecified atom stereocenters. The fourth-order valence-corrected chi connectivity index (χ4v) is 3.24. The van der Waals surface area contributed by atoms with E-state index in [1.165, 1.54) is 23.3 Å². The second-order valence-corrected chi connectivity index (χ2v) is 6.72. The summed E-state index contributed by atoms with van der Waals surface area (Å²) in [5, 5.41) is 13.7. The Morgan fingerprint density at radius 2 is 2.07 bits per heavy atom. The molecule has 0 bridgehead atoms. The first-order valence-corrected chi connectivity index (χ1v) is 8.89. The lowest BCUT2D eigenvalue weighted by atomic mass is 9.99. The zero-order chi connectivity index (χ0) is 19.4. The van der Waals surface area contributed by atoms with Gasteiger partial charge in [-0.1, -0.05) is 12.1 Å². The average molecular weight is 369 g/mol. The van der Waals surface area contributed by atoms with Crippen molar-refractivity contribution in [1.82, 2.24) is 4.90 Å². The van der Waals surface area contributed by atoms with E-state index >= 15 is 0 Å². The molecule has 0 saturated heterocycles. The number of nitrogens with one attached hydrogen (secondary N) is 1. The number of nitro groups is 1. The van der Waals surface area contributed by atoms with Crippen molar-refractivity contribution >= 4 is 17.3 Å². The molecule has 0 spiro atoms. The molecular weight excluding hydrogens is 346 g/mol. The number of methoxy groups -OCH3 is 1. The number of anilines is 1. The van der Waals surface area contributed by atoms with Gasteiger partial charge >= 0.3 is 0 Å². The molecule has 2 aromatic carbocycles. The molecule has 1 aliphatic rings. The van der Waals surface area contributed by atoms with E-state index in [1.807, 2.05) is 19.1 Å². The van der Waals surface area contributed by atoms with Gasteiger partial charge < -0.3 is 10.1 Å². The number of hydrogen-bond acceptors (Lipinski definition) is 5. The third-order valence-corrected chi connectivity index (χ3v) is 4.87. The van der Waals surface area contributed by atoms with Gasteiger partial charge in [-0.05, 0) is 42.2 Å². The van der Waals surface area contributed by atoms with E-state index in [0.717, 1.165) is 30.8 Å². The summed E-state index contributed by atoms with van der Waals surface area (Å²) in [5.74, 6) is 0.699. The van der Waals surface area contributed by atoms with Crippen LogP contribution in [0.1, 0.15) is 23.1 Å². The summed E-state index contributed by atoms with van der Waals surface area (Å²) in [6, 6.07) is 10.6. The largest absolute Gasteiger partial charge is 0.497 e. The van der Waals surface area contributed by atoms with Gasteiger partial charge in [0.05, 0.1) is 17.7 Å². The summed E-state index contributed by atoms with van der Waals surface area (Å²) in [6.45, 7) is 4.14. The summed E-state index contributed by atoms with van der Waals surface area (Å²) < 4.78 is 5.29. The highest BCUT2D eigenvalue weighted by Crippen LogP contribution is 2.24. The van der Waals surface area contributed by atoms with Crippen LogP contribution in [-0.4, -0.2) is 35.9 Å². The molecular formula is C20H23N3O4. The van der Waals surface area contributed by atoms with Crippen LogP contribution in [-0.2, 0) is 17.8 Å². The minimum atomic E-state index is -0.464. The van der Waals surface area contributed by atoms with Gasteiger partial charge in [-0.15, -0.1) is 0 Å². The molecule has 0 aliphatic carbocycles. The number of carbonyl (C=O) groups excluding carboxylic acids is 1. The summed E-state index contributed by atoms with van der Waals surface area (Å²) in [5.41, 5.74) is 3.81. The Labute approximate surface area is 158 Å². The minimum absolute atomic E-state index is 0.0301. The monoisotopic (exact) mass is 369 g/mol. The number of non-ortho nitro benzene ring substituents is 1. The van der Waals surface area contributed by atoms with Crippen LogP contribution in [0.2, 0.25) is 0 Å². The highest BCUT2D eigenvalue weighted by molar-refractivity contribution is 5.92. The Bertz CT molecular complexity index is 866. The lowest BCUT2D eigenvalue weighted by molar-refractivity contribution is -0.384. The van der Waals surface area contributed by atoms with E-state index in [1.54, 1.807) is 13.2 Å². The van der Waals surface area contributed by atoms with Crippen LogP contribution in [0.4, 0.5) is 11.4 Å². The topological polar surface area (TPSA) is 84.7 Å². The van der Waals surface area contributed by atoms with Crippen LogP contribution >= 0.6 is 0 Å². The van der Waals surface area contributed by atoms with Gasteiger partial charge in [0.1, 0.15) is 5.75 Å². The standard InChI is InChI=1S/C20H23N3O4/c1-14-3-5-17(23(25)26)12-19(14)21-20(24)8-10-22-9-7-15-4-6-18(27-2)11-16(15)13-22/h3-6,11-12H,7-10,13H2,1-2H3,(H,21,24). The van der Waals surface area contributed by atoms with E-state index in [0.29, 0.717) is 18.7 Å². The quantitative estimate of drug-likeness (QED) is 0.624. The molecule has 2 aromatic rings. The summed E-state index contributed by atoms with van der Waals surface area (Å²) in [6.07, 6.45) is 1.28. The second kappa shape index (κ2) is 8.18. The fraction of sp³-hybridized carbons (Fsp3) is 0.350. The van der Waals surface area contributed by atoms with Crippen molar-refractivity contribution in [2.75, 3.05) is 25.5 Å². The average Bonchev–Trinajstić information content (AvgIpc) is 2.67. The maximum Gasteiger partial charge on any atom is 0.271 e. The molecule has 27 heavy (non-hydrogen) atoms. The van der Waals surface area contributed by atoms with Gasteiger partial charge in [-0.3, -0.25) is 19.8 Å². The molecule has 0 aromatic heterocycles. The van der Waals surface area contributed by atoms with E-state index in [4.69, 9.17) is 4.74 Å². The van der Waals surface area contributed by atoms with Gasteiger partial charge in [0.25, 0.3) is 5.69 Å². The van der Waals surface area contributed by atoms with Crippen LogP contribution in [0, 0.1) is 17.0 Å². The summed E-state index contributed by atoms with van der Waals surface area (Å²) >= 11 is 0. The predicted molar refractivity (Wildman–Crippen MR) is 103 cm³/mol. The van der Waals surface area contributed by atoms with Crippen LogP contribution in [0.3, 0.4) is 0 Å². The SMILES string of the molecule is COc1ccc2c(c1)CN(CCC(=O)Nc1cc([N+](=O)[O-])ccc1C)CC2. The van der Waals surface area contributed by atoms with E-state index < -0.39 is 4.92 Å². The molecule has 0 radical (unpaired) electrons. The molecule has 7 nitrogen and oxygen atoms in total. The van der Waals surface area contributed by atoms with Crippen molar-refractivity contribution in [2.24, 2.45) is 0 Å². The fourth-order valence-electron chi connectivity index (χ4n) is 3.24. The smallest absolute Gasteiger partial charge is 0.271 e. The van der Waals surface area contributed by atoms with Gasteiger partial charge in [0.2, 0.25) is 5.91 Å². The summed E-state index contributed by atoms with van der Waals surface area (Å²) in [4.78, 5) is 25.0. The van der Waals surface area contributed by atoms with E-state index in [-0.39, 0.29) is 11.6 Å². The Morgan fingerprint density at radius 1 is 1.26 bits per heavy atom. The van der Waals surface area contributed by atoms with Crippen LogP contribution in [0.25, 0.3) is 0 Å². The number of nitro benzene ring substituents is 1. The van der Waals surface area contributed by atoms with E-state index in [9.17, 15) is 14.9 Å². The molecule has 0 fully saturated rings. The Balaban J connectivity index is 1.57. The number of nitrogens with zero attached hydrogens (tertiary/aromatic N) is 2. The molecule has 3 rings (SSSR count). The Kier molecular flexibility index (Phi) is 5.71. The highest BCUT2D eigenvalue weighted by Gasteiger charge is 2.18. The lowest BCUT2D eigenvalue weighted by Crippen LogP contribution is -2.33. The second-order valence-electron chi connectivity index (χ2n) is 6.72. The third kappa shape index (κ3) is 4.62. The van der Waals surface area contributed by atoms with Gasteiger partial charge in [0.15, 0.2) is 0 Å². The van der Waals surface area contributed by atoms with Crippen molar-refractivity contribution in [1.29, 1.82) is 0 Å². The van der Waals surface area contributed by atoms with Crippen molar-refractivity contribution in [3.05, 3.63) is 63.2 Å². The van der Waals surface area contributed by atoms with Crippen molar-refractivity contribution in [3.8, 4) is 5.75 Å². The number of carbonyl (C=O) groups is 1. The van der Waals surface area contributed by atoms with Gasteiger partial charge in [-0.2, -0.15) is 0 Å². The molecule has 142 valence electrons. The zero-order valence-corrected chi connectivity index (χ0v) is 15.5. The first-order chi connectivity index (χ1) is 13.0. The number of fused-ring (bicyclic) bond motifs is 1. The van der Waals surface area contributed by atoms with Crippen LogP contribution < -0.4 is 10.1 Å². The highest BCUT2D eigenvalue weighted by atomic mass is 16.6. The summed E-state index contributed by atoms with van der Waals surface area (Å²) in [7, 11) is 1.66. The van der Waals surface area contributed by atoms with Crippen molar-refractivity contribution in [2.45, 2.75) is 26.3 Å². The first-order valence-electron chi connectivity index (χ1n) is 8.89. The lowest BCUT2D eigenvalue weighted by Gasteiger charge is -2.28. The van der Waals surface area contributed by atoms with Gasteiger partial charge in [-0.25, -0.2) is 0 Å². The maximum atomic E-state index is 12.3.